The highest BCUT2D eigenvalue weighted by Gasteiger charge is 2.27. The second-order valence-electron chi connectivity index (χ2n) is 9.17. The Kier molecular flexibility index (Phi) is 5.43. The van der Waals surface area contributed by atoms with Crippen molar-refractivity contribution in [2.24, 2.45) is 0 Å². The summed E-state index contributed by atoms with van der Waals surface area (Å²) in [5.74, 6) is 0. The number of amides is 1. The molecule has 0 saturated heterocycles. The normalized spacial score (nSPS) is 15.2. The Bertz CT molecular complexity index is 961. The van der Waals surface area contributed by atoms with Gasteiger partial charge in [0.15, 0.2) is 0 Å². The lowest BCUT2D eigenvalue weighted by Gasteiger charge is -2.31. The standard InChI is InChI=1S/C22H29N3O4/c1-21(2,3)28-19(26)24-12-8-7-9-17(24)15-10-11-18-16(13-15)14-23-25(18)20(27)29-22(4,5)6/h9-11,13-14H,7-8,12H2,1-6H3. The van der Waals surface area contributed by atoms with E-state index in [1.807, 2.05) is 65.8 Å². The first-order valence-corrected chi connectivity index (χ1v) is 9.87. The fourth-order valence-electron chi connectivity index (χ4n) is 3.14. The predicted molar refractivity (Wildman–Crippen MR) is 112 cm³/mol. The van der Waals surface area contributed by atoms with Crippen LogP contribution in [0.4, 0.5) is 9.59 Å². The second kappa shape index (κ2) is 7.54. The lowest BCUT2D eigenvalue weighted by atomic mass is 10.0. The van der Waals surface area contributed by atoms with Gasteiger partial charge in [0.1, 0.15) is 11.2 Å². The Labute approximate surface area is 171 Å². The number of nitrogens with zero attached hydrogens (tertiary/aromatic N) is 3. The molecule has 0 atom stereocenters. The van der Waals surface area contributed by atoms with Crippen molar-refractivity contribution in [2.45, 2.75) is 65.6 Å². The molecule has 7 nitrogen and oxygen atoms in total. The van der Waals surface area contributed by atoms with Gasteiger partial charge in [-0.25, -0.2) is 9.59 Å². The smallest absolute Gasteiger partial charge is 0.435 e. The van der Waals surface area contributed by atoms with E-state index in [0.717, 1.165) is 29.5 Å². The molecule has 29 heavy (non-hydrogen) atoms. The van der Waals surface area contributed by atoms with Gasteiger partial charge in [-0.3, -0.25) is 4.90 Å². The minimum Gasteiger partial charge on any atom is -0.443 e. The maximum absolute atomic E-state index is 12.7. The monoisotopic (exact) mass is 399 g/mol. The fraction of sp³-hybridized carbons (Fsp3) is 0.500. The van der Waals surface area contributed by atoms with E-state index in [1.165, 1.54) is 4.68 Å². The van der Waals surface area contributed by atoms with E-state index in [4.69, 9.17) is 9.47 Å². The van der Waals surface area contributed by atoms with Gasteiger partial charge in [-0.2, -0.15) is 9.78 Å². The SMILES string of the molecule is CC(C)(C)OC(=O)N1CCCC=C1c1ccc2c(cnn2C(=O)OC(C)(C)C)c1. The molecule has 0 aliphatic carbocycles. The molecule has 0 radical (unpaired) electrons. The molecular weight excluding hydrogens is 370 g/mol. The van der Waals surface area contributed by atoms with Gasteiger partial charge in [-0.15, -0.1) is 0 Å². The van der Waals surface area contributed by atoms with Crippen molar-refractivity contribution in [1.29, 1.82) is 0 Å². The number of allylic oxidation sites excluding steroid dienone is 1. The summed E-state index contributed by atoms with van der Waals surface area (Å²) >= 11 is 0. The molecule has 2 aromatic rings. The molecule has 0 N–H and O–H groups in total. The highest BCUT2D eigenvalue weighted by atomic mass is 16.6. The Morgan fingerprint density at radius 3 is 2.31 bits per heavy atom. The van der Waals surface area contributed by atoms with Gasteiger partial charge in [0.25, 0.3) is 0 Å². The third kappa shape index (κ3) is 4.96. The number of hydrogen-bond acceptors (Lipinski definition) is 5. The van der Waals surface area contributed by atoms with E-state index in [0.29, 0.717) is 12.1 Å². The zero-order valence-corrected chi connectivity index (χ0v) is 18.0. The topological polar surface area (TPSA) is 73.7 Å². The average molecular weight is 399 g/mol. The minimum atomic E-state index is -0.601. The highest BCUT2D eigenvalue weighted by Crippen LogP contribution is 2.29. The van der Waals surface area contributed by atoms with Crippen LogP contribution >= 0.6 is 0 Å². The maximum atomic E-state index is 12.7. The summed E-state index contributed by atoms with van der Waals surface area (Å²) in [7, 11) is 0. The number of rotatable bonds is 1. The van der Waals surface area contributed by atoms with Crippen LogP contribution in [0.2, 0.25) is 0 Å². The van der Waals surface area contributed by atoms with Crippen molar-refractivity contribution >= 4 is 28.8 Å². The molecule has 1 aromatic carbocycles. The van der Waals surface area contributed by atoms with Crippen LogP contribution in [0.3, 0.4) is 0 Å². The number of carbonyl (C=O) groups excluding carboxylic acids is 2. The maximum Gasteiger partial charge on any atom is 0.435 e. The third-order valence-electron chi connectivity index (χ3n) is 4.26. The second-order valence-corrected chi connectivity index (χ2v) is 9.17. The summed E-state index contributed by atoms with van der Waals surface area (Å²) in [6, 6.07) is 5.64. The van der Waals surface area contributed by atoms with Crippen molar-refractivity contribution in [2.75, 3.05) is 6.54 Å². The number of aromatic nitrogens is 2. The van der Waals surface area contributed by atoms with Crippen molar-refractivity contribution in [3.05, 3.63) is 36.0 Å². The summed E-state index contributed by atoms with van der Waals surface area (Å²) in [4.78, 5) is 26.7. The van der Waals surface area contributed by atoms with E-state index < -0.39 is 17.3 Å². The first kappa shape index (κ1) is 20.9. The molecule has 1 amide bonds. The van der Waals surface area contributed by atoms with Gasteiger partial charge in [0.05, 0.1) is 17.4 Å². The lowest BCUT2D eigenvalue weighted by Crippen LogP contribution is -2.37. The Morgan fingerprint density at radius 2 is 1.66 bits per heavy atom. The van der Waals surface area contributed by atoms with E-state index in [-0.39, 0.29) is 6.09 Å². The number of benzene rings is 1. The Morgan fingerprint density at radius 1 is 1.00 bits per heavy atom. The molecule has 0 saturated carbocycles. The van der Waals surface area contributed by atoms with Gasteiger partial charge in [0, 0.05) is 11.9 Å². The molecule has 7 heteroatoms. The minimum absolute atomic E-state index is 0.354. The first-order valence-electron chi connectivity index (χ1n) is 9.87. The zero-order valence-electron chi connectivity index (χ0n) is 18.0. The van der Waals surface area contributed by atoms with Crippen LogP contribution < -0.4 is 0 Å². The summed E-state index contributed by atoms with van der Waals surface area (Å²) in [6.45, 7) is 11.6. The summed E-state index contributed by atoms with van der Waals surface area (Å²) < 4.78 is 12.2. The molecule has 1 aromatic heterocycles. The number of ether oxygens (including phenoxy) is 2. The van der Waals surface area contributed by atoms with E-state index in [2.05, 4.69) is 5.10 Å². The molecule has 0 unspecified atom stereocenters. The summed E-state index contributed by atoms with van der Waals surface area (Å²) in [5, 5.41) is 4.98. The van der Waals surface area contributed by atoms with Gasteiger partial charge in [-0.1, -0.05) is 12.1 Å². The van der Waals surface area contributed by atoms with Crippen LogP contribution in [0.25, 0.3) is 16.6 Å². The molecule has 0 bridgehead atoms. The van der Waals surface area contributed by atoms with E-state index in [9.17, 15) is 9.59 Å². The van der Waals surface area contributed by atoms with Crippen molar-refractivity contribution in [1.82, 2.24) is 14.7 Å². The van der Waals surface area contributed by atoms with Gasteiger partial charge < -0.3 is 9.47 Å². The lowest BCUT2D eigenvalue weighted by molar-refractivity contribution is 0.0346. The largest absolute Gasteiger partial charge is 0.443 e. The first-order chi connectivity index (χ1) is 13.4. The highest BCUT2D eigenvalue weighted by molar-refractivity contribution is 5.91. The van der Waals surface area contributed by atoms with Gasteiger partial charge in [-0.05, 0) is 72.1 Å². The van der Waals surface area contributed by atoms with Crippen LogP contribution in [0.1, 0.15) is 59.9 Å². The molecule has 2 heterocycles. The van der Waals surface area contributed by atoms with E-state index >= 15 is 0 Å². The summed E-state index contributed by atoms with van der Waals surface area (Å²) in [5.41, 5.74) is 1.20. The molecule has 3 rings (SSSR count). The number of carbonyl (C=O) groups is 2. The van der Waals surface area contributed by atoms with Gasteiger partial charge in [0.2, 0.25) is 0 Å². The van der Waals surface area contributed by atoms with Crippen LogP contribution in [-0.4, -0.2) is 44.6 Å². The van der Waals surface area contributed by atoms with Crippen molar-refractivity contribution in [3.8, 4) is 0 Å². The van der Waals surface area contributed by atoms with Crippen LogP contribution in [0.5, 0.6) is 0 Å². The molecular formula is C22H29N3O4. The number of hydrogen-bond donors (Lipinski definition) is 0. The Balaban J connectivity index is 1.90. The van der Waals surface area contributed by atoms with Crippen LogP contribution in [0.15, 0.2) is 30.5 Å². The Hall–Kier alpha value is -2.83. The van der Waals surface area contributed by atoms with Gasteiger partial charge >= 0.3 is 12.2 Å². The number of fused-ring (bicyclic) bond motifs is 1. The molecule has 0 fully saturated rings. The quantitative estimate of drug-likeness (QED) is 0.660. The zero-order chi connectivity index (χ0) is 21.4. The fourth-order valence-corrected chi connectivity index (χ4v) is 3.14. The van der Waals surface area contributed by atoms with Crippen LogP contribution in [0, 0.1) is 0 Å². The molecule has 0 spiro atoms. The van der Waals surface area contributed by atoms with E-state index in [1.54, 1.807) is 11.1 Å². The van der Waals surface area contributed by atoms with Crippen molar-refractivity contribution in [3.63, 3.8) is 0 Å². The predicted octanol–water partition coefficient (Wildman–Crippen LogP) is 5.19. The molecule has 1 aliphatic rings. The molecule has 1 aliphatic heterocycles. The average Bonchev–Trinajstić information content (AvgIpc) is 3.02. The van der Waals surface area contributed by atoms with Crippen LogP contribution in [-0.2, 0) is 9.47 Å². The molecule has 156 valence electrons. The summed E-state index contributed by atoms with van der Waals surface area (Å²) in [6.07, 6.45) is 4.59. The third-order valence-corrected chi connectivity index (χ3v) is 4.26. The van der Waals surface area contributed by atoms with Crippen molar-refractivity contribution < 1.29 is 19.1 Å².